The zero-order valence-corrected chi connectivity index (χ0v) is 18.3. The fraction of sp³-hybridized carbons (Fsp3) is 0.348. The molecule has 0 saturated carbocycles. The summed E-state index contributed by atoms with van der Waals surface area (Å²) < 4.78 is 2.18. The Morgan fingerprint density at radius 1 is 1.17 bits per heavy atom. The zero-order valence-electron chi connectivity index (χ0n) is 16.8. The number of likely N-dealkylation sites (tertiary alicyclic amines) is 1. The van der Waals surface area contributed by atoms with Crippen LogP contribution in [0.5, 0.6) is 0 Å². The van der Waals surface area contributed by atoms with Crippen LogP contribution >= 0.6 is 15.9 Å². The second-order valence-corrected chi connectivity index (χ2v) is 8.66. The number of nitrogens with zero attached hydrogens (tertiary/aromatic N) is 3. The molecule has 0 aliphatic carbocycles. The second kappa shape index (κ2) is 9.53. The van der Waals surface area contributed by atoms with Gasteiger partial charge < -0.3 is 5.32 Å². The van der Waals surface area contributed by atoms with E-state index in [2.05, 4.69) is 55.4 Å². The van der Waals surface area contributed by atoms with Crippen molar-refractivity contribution in [3.63, 3.8) is 0 Å². The van der Waals surface area contributed by atoms with Crippen molar-refractivity contribution in [2.75, 3.05) is 13.1 Å². The molecule has 1 aliphatic rings. The lowest BCUT2D eigenvalue weighted by Crippen LogP contribution is -2.47. The molecule has 1 aliphatic heterocycles. The number of carbonyl (C=O) groups excluding carboxylic acids is 1. The van der Waals surface area contributed by atoms with Crippen LogP contribution in [0.2, 0.25) is 0 Å². The van der Waals surface area contributed by atoms with E-state index >= 15 is 0 Å². The second-order valence-electron chi connectivity index (χ2n) is 7.75. The summed E-state index contributed by atoms with van der Waals surface area (Å²) in [6, 6.07) is 16.1. The molecule has 2 aromatic carbocycles. The average Bonchev–Trinajstić information content (AvgIpc) is 2.76. The first-order chi connectivity index (χ1) is 14.6. The first kappa shape index (κ1) is 20.8. The molecule has 6 nitrogen and oxygen atoms in total. The van der Waals surface area contributed by atoms with Gasteiger partial charge in [0.15, 0.2) is 0 Å². The van der Waals surface area contributed by atoms with Crippen LogP contribution in [-0.4, -0.2) is 39.5 Å². The van der Waals surface area contributed by atoms with E-state index in [0.29, 0.717) is 23.5 Å². The molecular formula is C23H25BrN4O2. The van der Waals surface area contributed by atoms with Gasteiger partial charge in [0.2, 0.25) is 5.91 Å². The van der Waals surface area contributed by atoms with E-state index in [1.165, 1.54) is 29.3 Å². The number of nitrogens with one attached hydrogen (secondary N) is 1. The number of halogens is 1. The lowest BCUT2D eigenvalue weighted by molar-refractivity contribution is -0.122. The van der Waals surface area contributed by atoms with Crippen molar-refractivity contribution >= 4 is 32.7 Å². The van der Waals surface area contributed by atoms with Gasteiger partial charge in [-0.1, -0.05) is 52.7 Å². The van der Waals surface area contributed by atoms with Crippen molar-refractivity contribution in [1.82, 2.24) is 19.8 Å². The predicted molar refractivity (Wildman–Crippen MR) is 121 cm³/mol. The van der Waals surface area contributed by atoms with Crippen LogP contribution in [0.15, 0.2) is 64.1 Å². The Morgan fingerprint density at radius 3 is 2.83 bits per heavy atom. The van der Waals surface area contributed by atoms with Crippen molar-refractivity contribution in [2.24, 2.45) is 0 Å². The summed E-state index contributed by atoms with van der Waals surface area (Å²) in [5, 5.41) is 3.53. The van der Waals surface area contributed by atoms with Gasteiger partial charge >= 0.3 is 0 Å². The molecule has 1 amide bonds. The predicted octanol–water partition coefficient (Wildman–Crippen LogP) is 3.33. The van der Waals surface area contributed by atoms with Crippen molar-refractivity contribution in [3.8, 4) is 0 Å². The Bertz CT molecular complexity index is 1080. The Hall–Kier alpha value is -2.51. The SMILES string of the molecule is O=C(Cn1cnc2ccc(Br)cc2c1=O)NCC1CCCCN1Cc1ccccc1. The number of rotatable bonds is 6. The van der Waals surface area contributed by atoms with Crippen molar-refractivity contribution in [3.05, 3.63) is 75.2 Å². The molecule has 7 heteroatoms. The fourth-order valence-electron chi connectivity index (χ4n) is 4.00. The normalized spacial score (nSPS) is 17.2. The van der Waals surface area contributed by atoms with E-state index in [-0.39, 0.29) is 18.0 Å². The van der Waals surface area contributed by atoms with Crippen LogP contribution < -0.4 is 10.9 Å². The molecule has 1 fully saturated rings. The number of hydrogen-bond donors (Lipinski definition) is 1. The van der Waals surface area contributed by atoms with Crippen LogP contribution in [-0.2, 0) is 17.9 Å². The Balaban J connectivity index is 1.38. The summed E-state index contributed by atoms with van der Waals surface area (Å²) in [6.07, 6.45) is 4.87. The smallest absolute Gasteiger partial charge is 0.261 e. The van der Waals surface area contributed by atoms with E-state index in [1.807, 2.05) is 12.1 Å². The van der Waals surface area contributed by atoms with E-state index in [0.717, 1.165) is 24.0 Å². The van der Waals surface area contributed by atoms with Gasteiger partial charge in [-0.05, 0) is 43.1 Å². The molecule has 3 aromatic rings. The van der Waals surface area contributed by atoms with E-state index in [9.17, 15) is 9.59 Å². The molecule has 0 bridgehead atoms. The topological polar surface area (TPSA) is 67.2 Å². The van der Waals surface area contributed by atoms with Crippen molar-refractivity contribution in [2.45, 2.75) is 38.4 Å². The van der Waals surface area contributed by atoms with E-state index < -0.39 is 0 Å². The Labute approximate surface area is 184 Å². The summed E-state index contributed by atoms with van der Waals surface area (Å²) in [7, 11) is 0. The molecule has 1 unspecified atom stereocenters. The molecule has 2 heterocycles. The number of hydrogen-bond acceptors (Lipinski definition) is 4. The fourth-order valence-corrected chi connectivity index (χ4v) is 4.36. The molecule has 1 saturated heterocycles. The van der Waals surface area contributed by atoms with Crippen molar-refractivity contribution < 1.29 is 4.79 Å². The largest absolute Gasteiger partial charge is 0.353 e. The first-order valence-electron chi connectivity index (χ1n) is 10.3. The number of piperidine rings is 1. The molecule has 30 heavy (non-hydrogen) atoms. The van der Waals surface area contributed by atoms with Crippen LogP contribution in [0, 0.1) is 0 Å². The highest BCUT2D eigenvalue weighted by molar-refractivity contribution is 9.10. The third-order valence-electron chi connectivity index (χ3n) is 5.61. The molecule has 156 valence electrons. The third-order valence-corrected chi connectivity index (χ3v) is 6.11. The number of aromatic nitrogens is 2. The van der Waals surface area contributed by atoms with Crippen LogP contribution in [0.1, 0.15) is 24.8 Å². The minimum Gasteiger partial charge on any atom is -0.353 e. The maximum Gasteiger partial charge on any atom is 0.261 e. The summed E-state index contributed by atoms with van der Waals surface area (Å²) in [4.78, 5) is 32.0. The van der Waals surface area contributed by atoms with E-state index in [1.54, 1.807) is 12.1 Å². The van der Waals surface area contributed by atoms with Gasteiger partial charge in [-0.3, -0.25) is 19.1 Å². The Kier molecular flexibility index (Phi) is 6.59. The molecule has 0 radical (unpaired) electrons. The van der Waals surface area contributed by atoms with Gasteiger partial charge in [0.05, 0.1) is 17.2 Å². The molecule has 1 atom stereocenters. The number of fused-ring (bicyclic) bond motifs is 1. The maximum atomic E-state index is 12.7. The number of benzene rings is 2. The van der Waals surface area contributed by atoms with Crippen LogP contribution in [0.4, 0.5) is 0 Å². The van der Waals surface area contributed by atoms with Gasteiger partial charge in [-0.15, -0.1) is 0 Å². The molecule has 1 aromatic heterocycles. The average molecular weight is 469 g/mol. The van der Waals surface area contributed by atoms with Gasteiger partial charge in [-0.2, -0.15) is 0 Å². The standard InChI is InChI=1S/C23H25BrN4O2/c24-18-9-10-21-20(12-18)23(30)28(16-26-21)15-22(29)25-13-19-8-4-5-11-27(19)14-17-6-2-1-3-7-17/h1-3,6-7,9-10,12,16,19H,4-5,8,11,13-15H2,(H,25,29). The van der Waals surface area contributed by atoms with Gasteiger partial charge in [-0.25, -0.2) is 4.98 Å². The van der Waals surface area contributed by atoms with Crippen molar-refractivity contribution in [1.29, 1.82) is 0 Å². The molecule has 4 rings (SSSR count). The molecule has 1 N–H and O–H groups in total. The van der Waals surface area contributed by atoms with E-state index in [4.69, 9.17) is 0 Å². The summed E-state index contributed by atoms with van der Waals surface area (Å²) in [6.45, 7) is 2.50. The lowest BCUT2D eigenvalue weighted by atomic mass is 10.0. The van der Waals surface area contributed by atoms with Gasteiger partial charge in [0.25, 0.3) is 5.56 Å². The maximum absolute atomic E-state index is 12.7. The summed E-state index contributed by atoms with van der Waals surface area (Å²) in [5.41, 5.74) is 1.70. The number of carbonyl (C=O) groups is 1. The monoisotopic (exact) mass is 468 g/mol. The highest BCUT2D eigenvalue weighted by atomic mass is 79.9. The van der Waals surface area contributed by atoms with Gasteiger partial charge in [0, 0.05) is 23.6 Å². The third kappa shape index (κ3) is 4.96. The highest BCUT2D eigenvalue weighted by Crippen LogP contribution is 2.19. The minimum absolute atomic E-state index is 0.0281. The summed E-state index contributed by atoms with van der Waals surface area (Å²) >= 11 is 3.38. The number of amides is 1. The quantitative estimate of drug-likeness (QED) is 0.602. The molecule has 0 spiro atoms. The van der Waals surface area contributed by atoms with Crippen LogP contribution in [0.3, 0.4) is 0 Å². The Morgan fingerprint density at radius 2 is 2.00 bits per heavy atom. The zero-order chi connectivity index (χ0) is 20.9. The molecular weight excluding hydrogens is 444 g/mol. The van der Waals surface area contributed by atoms with Crippen LogP contribution in [0.25, 0.3) is 10.9 Å². The highest BCUT2D eigenvalue weighted by Gasteiger charge is 2.23. The lowest BCUT2D eigenvalue weighted by Gasteiger charge is -2.36. The summed E-state index contributed by atoms with van der Waals surface area (Å²) in [5.74, 6) is -0.168. The first-order valence-corrected chi connectivity index (χ1v) is 11.1. The van der Waals surface area contributed by atoms with Gasteiger partial charge in [0.1, 0.15) is 6.54 Å². The minimum atomic E-state index is -0.208.